The molecule has 1 aromatic carbocycles. The lowest BCUT2D eigenvalue weighted by Gasteiger charge is -2.06. The third-order valence-electron chi connectivity index (χ3n) is 3.37. The van der Waals surface area contributed by atoms with E-state index in [2.05, 4.69) is 27.3 Å². The molecule has 2 aromatic heterocycles. The van der Waals surface area contributed by atoms with Crippen molar-refractivity contribution >= 4 is 0 Å². The van der Waals surface area contributed by atoms with Gasteiger partial charge in [-0.2, -0.15) is 4.98 Å². The Kier molecular flexibility index (Phi) is 3.79. The van der Waals surface area contributed by atoms with Gasteiger partial charge in [0.05, 0.1) is 6.04 Å². The van der Waals surface area contributed by atoms with Crippen molar-refractivity contribution in [2.24, 2.45) is 12.8 Å². The highest BCUT2D eigenvalue weighted by Gasteiger charge is 2.17. The summed E-state index contributed by atoms with van der Waals surface area (Å²) in [5.41, 5.74) is 7.37. The molecule has 0 aliphatic heterocycles. The Bertz CT molecular complexity index is 704. The number of nitrogens with two attached hydrogens (primary N) is 1. The number of aromatic nitrogens is 4. The second-order valence-electron chi connectivity index (χ2n) is 4.95. The van der Waals surface area contributed by atoms with Crippen molar-refractivity contribution in [3.05, 3.63) is 54.2 Å². The van der Waals surface area contributed by atoms with Crippen molar-refractivity contribution in [3.63, 3.8) is 0 Å². The van der Waals surface area contributed by atoms with Crippen LogP contribution >= 0.6 is 0 Å². The van der Waals surface area contributed by atoms with Crippen molar-refractivity contribution in [1.29, 1.82) is 0 Å². The van der Waals surface area contributed by atoms with Crippen LogP contribution in [0.15, 0.2) is 47.2 Å². The van der Waals surface area contributed by atoms with Crippen molar-refractivity contribution in [3.8, 4) is 11.6 Å². The van der Waals surface area contributed by atoms with Crippen LogP contribution in [0.25, 0.3) is 11.6 Å². The molecule has 0 fully saturated rings. The molecular weight excluding hydrogens is 266 g/mol. The van der Waals surface area contributed by atoms with Crippen LogP contribution in [0.1, 0.15) is 23.9 Å². The Morgan fingerprint density at radius 3 is 2.81 bits per heavy atom. The Morgan fingerprint density at radius 2 is 2.10 bits per heavy atom. The van der Waals surface area contributed by atoms with Crippen molar-refractivity contribution in [1.82, 2.24) is 19.7 Å². The standard InChI is InChI=1S/C15H17N5O/c1-20-10-9-17-14(20)13-18-15(21-19-13)12(16)8-7-11-5-3-2-4-6-11/h2-6,9-10,12H,7-8,16H2,1H3. The van der Waals surface area contributed by atoms with Gasteiger partial charge in [0.2, 0.25) is 11.7 Å². The van der Waals surface area contributed by atoms with Crippen LogP contribution in [-0.2, 0) is 13.5 Å². The van der Waals surface area contributed by atoms with Crippen LogP contribution < -0.4 is 5.73 Å². The molecule has 6 nitrogen and oxygen atoms in total. The van der Waals surface area contributed by atoms with E-state index in [9.17, 15) is 0 Å². The Balaban J connectivity index is 1.67. The largest absolute Gasteiger partial charge is 0.337 e. The molecule has 0 amide bonds. The third kappa shape index (κ3) is 3.00. The zero-order valence-electron chi connectivity index (χ0n) is 11.8. The molecule has 1 atom stereocenters. The molecule has 6 heteroatoms. The molecule has 21 heavy (non-hydrogen) atoms. The number of benzene rings is 1. The van der Waals surface area contributed by atoms with Crippen LogP contribution in [0, 0.1) is 0 Å². The molecule has 108 valence electrons. The zero-order chi connectivity index (χ0) is 14.7. The lowest BCUT2D eigenvalue weighted by atomic mass is 10.1. The van der Waals surface area contributed by atoms with E-state index in [1.807, 2.05) is 36.0 Å². The third-order valence-corrected chi connectivity index (χ3v) is 3.37. The van der Waals surface area contributed by atoms with Gasteiger partial charge in [-0.25, -0.2) is 4.98 Å². The smallest absolute Gasteiger partial charge is 0.243 e. The summed E-state index contributed by atoms with van der Waals surface area (Å²) in [6, 6.07) is 9.94. The second-order valence-corrected chi connectivity index (χ2v) is 4.95. The van der Waals surface area contributed by atoms with Gasteiger partial charge in [-0.15, -0.1) is 0 Å². The Labute approximate surface area is 122 Å². The first-order valence-corrected chi connectivity index (χ1v) is 6.85. The topological polar surface area (TPSA) is 82.8 Å². The molecule has 0 saturated heterocycles. The molecule has 1 unspecified atom stereocenters. The predicted octanol–water partition coefficient (Wildman–Crippen LogP) is 2.10. The molecule has 0 radical (unpaired) electrons. The van der Waals surface area contributed by atoms with Gasteiger partial charge in [0, 0.05) is 19.4 Å². The summed E-state index contributed by atoms with van der Waals surface area (Å²) in [6.45, 7) is 0. The van der Waals surface area contributed by atoms with Crippen molar-refractivity contribution < 1.29 is 4.52 Å². The molecule has 2 N–H and O–H groups in total. The number of aryl methyl sites for hydroxylation is 2. The van der Waals surface area contributed by atoms with Crippen LogP contribution in [0.4, 0.5) is 0 Å². The van der Waals surface area contributed by atoms with E-state index < -0.39 is 0 Å². The summed E-state index contributed by atoms with van der Waals surface area (Å²) in [4.78, 5) is 8.53. The van der Waals surface area contributed by atoms with Gasteiger partial charge in [0.25, 0.3) is 0 Å². The molecule has 0 saturated carbocycles. The molecule has 0 aliphatic rings. The molecular formula is C15H17N5O. The van der Waals surface area contributed by atoms with Crippen LogP contribution in [0.3, 0.4) is 0 Å². The summed E-state index contributed by atoms with van der Waals surface area (Å²) in [5, 5.41) is 3.95. The molecule has 0 aliphatic carbocycles. The molecule has 3 rings (SSSR count). The van der Waals surface area contributed by atoms with Gasteiger partial charge in [0.1, 0.15) is 0 Å². The lowest BCUT2D eigenvalue weighted by molar-refractivity contribution is 0.349. The fourth-order valence-corrected chi connectivity index (χ4v) is 2.15. The minimum absolute atomic E-state index is 0.272. The van der Waals surface area contributed by atoms with Gasteiger partial charge >= 0.3 is 0 Å². The van der Waals surface area contributed by atoms with Crippen LogP contribution in [-0.4, -0.2) is 19.7 Å². The number of imidazole rings is 1. The fourth-order valence-electron chi connectivity index (χ4n) is 2.15. The molecule has 2 heterocycles. The quantitative estimate of drug-likeness (QED) is 0.775. The summed E-state index contributed by atoms with van der Waals surface area (Å²) in [7, 11) is 1.88. The van der Waals surface area contributed by atoms with Crippen molar-refractivity contribution in [2.75, 3.05) is 0 Å². The summed E-state index contributed by atoms with van der Waals surface area (Å²) >= 11 is 0. The maximum absolute atomic E-state index is 6.12. The van der Waals surface area contributed by atoms with E-state index in [1.165, 1.54) is 5.56 Å². The van der Waals surface area contributed by atoms with Gasteiger partial charge in [-0.1, -0.05) is 35.5 Å². The highest BCUT2D eigenvalue weighted by atomic mass is 16.5. The fraction of sp³-hybridized carbons (Fsp3) is 0.267. The Hall–Kier alpha value is -2.47. The van der Waals surface area contributed by atoms with Crippen LogP contribution in [0.5, 0.6) is 0 Å². The van der Waals surface area contributed by atoms with E-state index in [1.54, 1.807) is 6.20 Å². The maximum atomic E-state index is 6.12. The summed E-state index contributed by atoms with van der Waals surface area (Å²) in [5.74, 6) is 1.58. The molecule has 0 bridgehead atoms. The number of nitrogens with zero attached hydrogens (tertiary/aromatic N) is 4. The second kappa shape index (κ2) is 5.88. The molecule has 3 aromatic rings. The highest BCUT2D eigenvalue weighted by molar-refractivity contribution is 5.42. The first kappa shape index (κ1) is 13.5. The monoisotopic (exact) mass is 283 g/mol. The average molecular weight is 283 g/mol. The van der Waals surface area contributed by atoms with E-state index in [-0.39, 0.29) is 6.04 Å². The first-order chi connectivity index (χ1) is 10.2. The van der Waals surface area contributed by atoms with Crippen molar-refractivity contribution in [2.45, 2.75) is 18.9 Å². The first-order valence-electron chi connectivity index (χ1n) is 6.85. The molecule has 0 spiro atoms. The predicted molar refractivity (Wildman–Crippen MR) is 78.2 cm³/mol. The van der Waals surface area contributed by atoms with E-state index in [0.29, 0.717) is 17.5 Å². The number of hydrogen-bond acceptors (Lipinski definition) is 5. The minimum atomic E-state index is -0.272. The van der Waals surface area contributed by atoms with E-state index >= 15 is 0 Å². The summed E-state index contributed by atoms with van der Waals surface area (Å²) in [6.07, 6.45) is 5.16. The normalized spacial score (nSPS) is 12.5. The zero-order valence-corrected chi connectivity index (χ0v) is 11.8. The van der Waals surface area contributed by atoms with Gasteiger partial charge < -0.3 is 14.8 Å². The lowest BCUT2D eigenvalue weighted by Crippen LogP contribution is -2.11. The summed E-state index contributed by atoms with van der Waals surface area (Å²) < 4.78 is 7.09. The maximum Gasteiger partial charge on any atom is 0.243 e. The van der Waals surface area contributed by atoms with Crippen LogP contribution in [0.2, 0.25) is 0 Å². The van der Waals surface area contributed by atoms with E-state index in [0.717, 1.165) is 12.8 Å². The number of rotatable bonds is 5. The Morgan fingerprint density at radius 1 is 1.29 bits per heavy atom. The minimum Gasteiger partial charge on any atom is -0.337 e. The number of hydrogen-bond donors (Lipinski definition) is 1. The van der Waals surface area contributed by atoms with Gasteiger partial charge in [0.15, 0.2) is 5.82 Å². The van der Waals surface area contributed by atoms with Gasteiger partial charge in [-0.3, -0.25) is 0 Å². The SMILES string of the molecule is Cn1ccnc1-c1noc(C(N)CCc2ccccc2)n1. The van der Waals surface area contributed by atoms with E-state index in [4.69, 9.17) is 10.3 Å². The average Bonchev–Trinajstić information content (AvgIpc) is 3.14. The van der Waals surface area contributed by atoms with Gasteiger partial charge in [-0.05, 0) is 18.4 Å². The highest BCUT2D eigenvalue weighted by Crippen LogP contribution is 2.19.